The molecule has 0 spiro atoms. The van der Waals surface area contributed by atoms with Crippen LogP contribution in [-0.4, -0.2) is 34.5 Å². The van der Waals surface area contributed by atoms with Crippen LogP contribution in [0.1, 0.15) is 45.5 Å². The van der Waals surface area contributed by atoms with Crippen LogP contribution < -0.4 is 0 Å². The van der Waals surface area contributed by atoms with Crippen LogP contribution in [0.25, 0.3) is 10.8 Å². The number of aliphatic carboxylic acids is 1. The minimum atomic E-state index is -0.966. The number of hydrogen-bond donors (Lipinski definition) is 2. The molecule has 25 heavy (non-hydrogen) atoms. The van der Waals surface area contributed by atoms with Gasteiger partial charge < -0.3 is 19.5 Å². The highest BCUT2D eigenvalue weighted by Crippen LogP contribution is 2.44. The molecule has 0 bridgehead atoms. The van der Waals surface area contributed by atoms with Crippen molar-refractivity contribution in [3.8, 4) is 5.75 Å². The second-order valence-electron chi connectivity index (χ2n) is 7.55. The van der Waals surface area contributed by atoms with Crippen LogP contribution in [-0.2, 0) is 14.1 Å². The number of fused-ring (bicyclic) bond motifs is 1. The van der Waals surface area contributed by atoms with Crippen LogP contribution >= 0.6 is 0 Å². The topological polar surface area (TPSA) is 76.0 Å². The summed E-state index contributed by atoms with van der Waals surface area (Å²) in [7, 11) is -0.752. The normalized spacial score (nSPS) is 19.9. The summed E-state index contributed by atoms with van der Waals surface area (Å²) in [5.74, 6) is -1.53. The molecular formula is C19H23BO5. The average Bonchev–Trinajstić information content (AvgIpc) is 2.73. The fourth-order valence-electron chi connectivity index (χ4n) is 3.25. The Morgan fingerprint density at radius 3 is 2.28 bits per heavy atom. The summed E-state index contributed by atoms with van der Waals surface area (Å²) in [5, 5.41) is 21.7. The van der Waals surface area contributed by atoms with Crippen LogP contribution in [0.4, 0.5) is 0 Å². The first kappa shape index (κ1) is 17.8. The van der Waals surface area contributed by atoms with Crippen molar-refractivity contribution in [2.45, 2.75) is 51.1 Å². The van der Waals surface area contributed by atoms with Crippen molar-refractivity contribution in [2.24, 2.45) is 0 Å². The third kappa shape index (κ3) is 3.12. The first-order chi connectivity index (χ1) is 11.6. The molecule has 1 atom stereocenters. The first-order valence-corrected chi connectivity index (χ1v) is 8.40. The Bertz CT molecular complexity index is 799. The minimum absolute atomic E-state index is 0.0552. The van der Waals surface area contributed by atoms with Gasteiger partial charge in [0, 0.05) is 11.4 Å². The van der Waals surface area contributed by atoms with E-state index in [4.69, 9.17) is 9.31 Å². The summed E-state index contributed by atoms with van der Waals surface area (Å²) in [6.45, 7) is 7.70. The lowest BCUT2D eigenvalue weighted by atomic mass is 9.65. The molecule has 1 unspecified atom stereocenters. The van der Waals surface area contributed by atoms with Gasteiger partial charge in [-0.25, -0.2) is 0 Å². The average molecular weight is 342 g/mol. The summed E-state index contributed by atoms with van der Waals surface area (Å²) in [5.41, 5.74) is -0.595. The molecule has 2 N–H and O–H groups in total. The van der Waals surface area contributed by atoms with Gasteiger partial charge in [0.05, 0.1) is 17.6 Å². The molecule has 2 aromatic rings. The number of carboxylic acid groups (broad SMARTS) is 1. The van der Waals surface area contributed by atoms with E-state index in [9.17, 15) is 15.0 Å². The Labute approximate surface area is 147 Å². The van der Waals surface area contributed by atoms with Crippen molar-refractivity contribution >= 4 is 23.9 Å². The molecule has 1 aliphatic rings. The molecule has 3 rings (SSSR count). The van der Waals surface area contributed by atoms with Gasteiger partial charge in [-0.15, -0.1) is 0 Å². The maximum Gasteiger partial charge on any atom is 0.466 e. The second kappa shape index (κ2) is 6.04. The summed E-state index contributed by atoms with van der Waals surface area (Å²) in [6, 6.07) is 11.0. The smallest absolute Gasteiger partial charge is 0.466 e. The standard InChI is InChI=1S/C19H23BO5/c1-18(2)19(3,4)25-20(24-18)14(11-16(22)23)17-13-8-6-5-7-12(13)9-10-15(17)21/h5-10,14,21H,11H2,1-4H3,(H,22,23). The second-order valence-corrected chi connectivity index (χ2v) is 7.55. The van der Waals surface area contributed by atoms with Gasteiger partial charge in [-0.05, 0) is 44.5 Å². The largest absolute Gasteiger partial charge is 0.508 e. The molecule has 2 aromatic carbocycles. The number of phenols is 1. The van der Waals surface area contributed by atoms with Gasteiger partial charge in [-0.3, -0.25) is 4.79 Å². The molecule has 1 aliphatic heterocycles. The van der Waals surface area contributed by atoms with Crippen molar-refractivity contribution in [1.29, 1.82) is 0 Å². The minimum Gasteiger partial charge on any atom is -0.508 e. The summed E-state index contributed by atoms with van der Waals surface area (Å²) < 4.78 is 12.2. The maximum atomic E-state index is 11.5. The highest BCUT2D eigenvalue weighted by molar-refractivity contribution is 6.48. The SMILES string of the molecule is CC1(C)OB(C(CC(=O)O)c2c(O)ccc3ccccc23)OC1(C)C. The van der Waals surface area contributed by atoms with Crippen molar-refractivity contribution in [3.63, 3.8) is 0 Å². The predicted molar refractivity (Wildman–Crippen MR) is 96.7 cm³/mol. The Morgan fingerprint density at radius 1 is 1.08 bits per heavy atom. The molecule has 1 heterocycles. The number of hydrogen-bond acceptors (Lipinski definition) is 4. The van der Waals surface area contributed by atoms with Crippen molar-refractivity contribution in [2.75, 3.05) is 0 Å². The van der Waals surface area contributed by atoms with E-state index in [2.05, 4.69) is 0 Å². The van der Waals surface area contributed by atoms with E-state index in [1.165, 1.54) is 0 Å². The van der Waals surface area contributed by atoms with Crippen molar-refractivity contribution < 1.29 is 24.3 Å². The third-order valence-electron chi connectivity index (χ3n) is 5.31. The Balaban J connectivity index is 2.13. The summed E-state index contributed by atoms with van der Waals surface area (Å²) in [6.07, 6.45) is -0.196. The van der Waals surface area contributed by atoms with E-state index in [0.29, 0.717) is 5.56 Å². The number of benzene rings is 2. The monoisotopic (exact) mass is 342 g/mol. The van der Waals surface area contributed by atoms with Gasteiger partial charge in [-0.2, -0.15) is 0 Å². The molecule has 132 valence electrons. The van der Waals surface area contributed by atoms with E-state index >= 15 is 0 Å². The van der Waals surface area contributed by atoms with Gasteiger partial charge in [0.2, 0.25) is 0 Å². The van der Waals surface area contributed by atoms with Crippen LogP contribution in [0.5, 0.6) is 5.75 Å². The fraction of sp³-hybridized carbons (Fsp3) is 0.421. The highest BCUT2D eigenvalue weighted by atomic mass is 16.7. The Kier molecular flexibility index (Phi) is 4.29. The van der Waals surface area contributed by atoms with Gasteiger partial charge in [-0.1, -0.05) is 30.3 Å². The van der Waals surface area contributed by atoms with E-state index in [0.717, 1.165) is 10.8 Å². The third-order valence-corrected chi connectivity index (χ3v) is 5.31. The van der Waals surface area contributed by atoms with E-state index in [1.807, 2.05) is 58.0 Å². The number of carbonyl (C=O) groups is 1. The lowest BCUT2D eigenvalue weighted by molar-refractivity contribution is -0.137. The van der Waals surface area contributed by atoms with E-state index < -0.39 is 30.1 Å². The van der Waals surface area contributed by atoms with Crippen LogP contribution in [0, 0.1) is 0 Å². The molecule has 0 amide bonds. The lowest BCUT2D eigenvalue weighted by Crippen LogP contribution is -2.41. The molecular weight excluding hydrogens is 319 g/mol. The highest BCUT2D eigenvalue weighted by Gasteiger charge is 2.54. The van der Waals surface area contributed by atoms with Gasteiger partial charge in [0.1, 0.15) is 5.75 Å². The molecule has 6 heteroatoms. The predicted octanol–water partition coefficient (Wildman–Crippen LogP) is 3.74. The lowest BCUT2D eigenvalue weighted by Gasteiger charge is -2.32. The zero-order valence-electron chi connectivity index (χ0n) is 14.9. The van der Waals surface area contributed by atoms with Gasteiger partial charge in [0.15, 0.2) is 0 Å². The van der Waals surface area contributed by atoms with E-state index in [1.54, 1.807) is 6.07 Å². The van der Waals surface area contributed by atoms with Crippen LogP contribution in [0.15, 0.2) is 36.4 Å². The van der Waals surface area contributed by atoms with E-state index in [-0.39, 0.29) is 12.2 Å². The Hall–Kier alpha value is -2.05. The number of phenolic OH excluding ortho intramolecular Hbond substituents is 1. The van der Waals surface area contributed by atoms with Gasteiger partial charge in [0.25, 0.3) is 0 Å². The summed E-state index contributed by atoms with van der Waals surface area (Å²) >= 11 is 0. The molecule has 0 radical (unpaired) electrons. The number of rotatable bonds is 4. The molecule has 1 fully saturated rings. The quantitative estimate of drug-likeness (QED) is 0.828. The number of aromatic hydroxyl groups is 1. The Morgan fingerprint density at radius 2 is 1.68 bits per heavy atom. The summed E-state index contributed by atoms with van der Waals surface area (Å²) in [4.78, 5) is 11.5. The zero-order valence-corrected chi connectivity index (χ0v) is 14.9. The first-order valence-electron chi connectivity index (χ1n) is 8.40. The fourth-order valence-corrected chi connectivity index (χ4v) is 3.25. The van der Waals surface area contributed by atoms with Crippen molar-refractivity contribution in [3.05, 3.63) is 42.0 Å². The molecule has 5 nitrogen and oxygen atoms in total. The molecule has 0 aliphatic carbocycles. The van der Waals surface area contributed by atoms with Crippen molar-refractivity contribution in [1.82, 2.24) is 0 Å². The maximum absolute atomic E-state index is 11.5. The zero-order chi connectivity index (χ0) is 18.4. The molecule has 1 saturated heterocycles. The molecule has 0 saturated carbocycles. The molecule has 0 aromatic heterocycles. The number of carboxylic acids is 1. The van der Waals surface area contributed by atoms with Crippen LogP contribution in [0.2, 0.25) is 0 Å². The van der Waals surface area contributed by atoms with Gasteiger partial charge >= 0.3 is 13.1 Å². The van der Waals surface area contributed by atoms with Crippen LogP contribution in [0.3, 0.4) is 0 Å².